The van der Waals surface area contributed by atoms with Gasteiger partial charge in [-0.1, -0.05) is 78.1 Å². The zero-order chi connectivity index (χ0) is 35.1. The third-order valence-electron chi connectivity index (χ3n) is 9.93. The quantitative estimate of drug-likeness (QED) is 0.0747. The Hall–Kier alpha value is 0.220. The van der Waals surface area contributed by atoms with Crippen molar-refractivity contribution in [3.8, 4) is 0 Å². The highest BCUT2D eigenvalue weighted by molar-refractivity contribution is 8.00. The zero-order valence-electron chi connectivity index (χ0n) is 29.5. The normalized spacial score (nSPS) is 39.1. The van der Waals surface area contributed by atoms with E-state index in [9.17, 15) is 15.3 Å². The van der Waals surface area contributed by atoms with Crippen LogP contribution in [0.1, 0.15) is 104 Å². The highest BCUT2D eigenvalue weighted by Crippen LogP contribution is 2.35. The third kappa shape index (κ3) is 13.0. The van der Waals surface area contributed by atoms with E-state index in [0.717, 1.165) is 30.8 Å². The van der Waals surface area contributed by atoms with Gasteiger partial charge in [0.2, 0.25) is 0 Å². The Kier molecular flexibility index (Phi) is 20.4. The highest BCUT2D eigenvalue weighted by Gasteiger charge is 2.50. The molecule has 14 atom stereocenters. The summed E-state index contributed by atoms with van der Waals surface area (Å²) in [5.74, 6) is 2.52. The van der Waals surface area contributed by atoms with Gasteiger partial charge in [-0.15, -0.1) is 0 Å². The molecular formula is C34H69N5O7S2. The molecule has 0 amide bonds. The van der Waals surface area contributed by atoms with Crippen LogP contribution < -0.4 is 28.7 Å². The highest BCUT2D eigenvalue weighted by atomic mass is 32.2. The van der Waals surface area contributed by atoms with Crippen LogP contribution in [0.3, 0.4) is 0 Å². The number of aliphatic hydroxyl groups excluding tert-OH is 3. The number of rotatable bonds is 22. The van der Waals surface area contributed by atoms with Crippen molar-refractivity contribution in [1.82, 2.24) is 0 Å². The van der Waals surface area contributed by atoms with E-state index in [1.165, 1.54) is 57.8 Å². The van der Waals surface area contributed by atoms with Gasteiger partial charge in [-0.3, -0.25) is 0 Å². The number of hydrogen-bond donors (Lipinski definition) is 8. The van der Waals surface area contributed by atoms with Gasteiger partial charge in [0.25, 0.3) is 0 Å². The summed E-state index contributed by atoms with van der Waals surface area (Å²) in [4.78, 5) is 0. The lowest BCUT2D eigenvalue weighted by molar-refractivity contribution is -0.292. The Bertz CT molecular complexity index is 860. The summed E-state index contributed by atoms with van der Waals surface area (Å²) >= 11 is 3.47. The maximum absolute atomic E-state index is 11.6. The van der Waals surface area contributed by atoms with Crippen molar-refractivity contribution in [2.75, 3.05) is 23.8 Å². The van der Waals surface area contributed by atoms with E-state index in [1.807, 2.05) is 0 Å². The van der Waals surface area contributed by atoms with E-state index in [-0.39, 0.29) is 18.2 Å². The van der Waals surface area contributed by atoms with Gasteiger partial charge in [0.15, 0.2) is 12.6 Å². The minimum Gasteiger partial charge on any atom is -0.390 e. The van der Waals surface area contributed by atoms with E-state index in [0.29, 0.717) is 12.2 Å². The molecule has 3 aliphatic rings. The topological polar surface area (TPSA) is 228 Å². The molecule has 0 radical (unpaired) electrons. The Morgan fingerprint density at radius 1 is 0.646 bits per heavy atom. The first-order chi connectivity index (χ1) is 23.1. The van der Waals surface area contributed by atoms with Crippen molar-refractivity contribution in [2.45, 2.75) is 188 Å². The van der Waals surface area contributed by atoms with Gasteiger partial charge in [0, 0.05) is 24.4 Å². The fourth-order valence-corrected chi connectivity index (χ4v) is 9.34. The molecule has 0 aromatic rings. The number of thioether (sulfide) groups is 2. The van der Waals surface area contributed by atoms with Gasteiger partial charge in [-0.25, -0.2) is 0 Å². The Balaban J connectivity index is 1.65. The van der Waals surface area contributed by atoms with Crippen LogP contribution in [0.15, 0.2) is 0 Å². The fraction of sp³-hybridized carbons (Fsp3) is 1.00. The van der Waals surface area contributed by atoms with Gasteiger partial charge in [-0.05, 0) is 37.2 Å². The predicted molar refractivity (Wildman–Crippen MR) is 196 cm³/mol. The Morgan fingerprint density at radius 3 is 1.79 bits per heavy atom. The summed E-state index contributed by atoms with van der Waals surface area (Å²) < 4.78 is 24.9. The Labute approximate surface area is 298 Å². The van der Waals surface area contributed by atoms with E-state index in [2.05, 4.69) is 13.8 Å². The molecular weight excluding hydrogens is 655 g/mol. The summed E-state index contributed by atoms with van der Waals surface area (Å²) in [6.45, 7) is 4.54. The molecule has 13 N–H and O–H groups in total. The third-order valence-corrected chi connectivity index (χ3v) is 12.6. The fourth-order valence-electron chi connectivity index (χ4n) is 6.89. The first-order valence-electron chi connectivity index (χ1n) is 18.7. The minimum atomic E-state index is -1.22. The Morgan fingerprint density at radius 2 is 1.19 bits per heavy atom. The van der Waals surface area contributed by atoms with Gasteiger partial charge in [0.05, 0.1) is 41.7 Å². The van der Waals surface area contributed by atoms with Gasteiger partial charge in [-0.2, -0.15) is 23.5 Å². The molecule has 12 nitrogen and oxygen atoms in total. The first-order valence-corrected chi connectivity index (χ1v) is 20.9. The van der Waals surface area contributed by atoms with Crippen molar-refractivity contribution in [2.24, 2.45) is 28.7 Å². The predicted octanol–water partition coefficient (Wildman–Crippen LogP) is 1.91. The standard InChI is InChI=1S/C34H69N5O7S2/c1-3-5-7-9-11-13-15-47-20-26-28(41)32(48-16-14-12-10-8-6-4-2)27(39)34(44-26)46-31-22(37)17-21(36)30(29(31)42)45-33-23(38)18-24(40)25(19-35)43-33/h21-34,40-42H,3-20,35-39H2,1-2H3/t21-,22+,23+,24-,25+,26+,27-,28+,29-,30+,31-,32-,33+,34+/m0/s1. The summed E-state index contributed by atoms with van der Waals surface area (Å²) in [7, 11) is 0. The van der Waals surface area contributed by atoms with Gasteiger partial charge < -0.3 is 62.9 Å². The maximum atomic E-state index is 11.6. The van der Waals surface area contributed by atoms with Crippen molar-refractivity contribution in [1.29, 1.82) is 0 Å². The smallest absolute Gasteiger partial charge is 0.174 e. The summed E-state index contributed by atoms with van der Waals surface area (Å²) in [6, 6.07) is -2.48. The molecule has 284 valence electrons. The number of aliphatic hydroxyl groups is 3. The molecule has 0 aromatic carbocycles. The largest absolute Gasteiger partial charge is 0.390 e. The molecule has 0 aromatic heterocycles. The van der Waals surface area contributed by atoms with E-state index in [1.54, 1.807) is 23.5 Å². The molecule has 0 bridgehead atoms. The second-order valence-electron chi connectivity index (χ2n) is 14.1. The lowest BCUT2D eigenvalue weighted by atomic mass is 9.84. The van der Waals surface area contributed by atoms with E-state index >= 15 is 0 Å². The molecule has 0 spiro atoms. The number of ether oxygens (including phenoxy) is 4. The molecule has 2 heterocycles. The van der Waals surface area contributed by atoms with Gasteiger partial charge in [0.1, 0.15) is 18.3 Å². The van der Waals surface area contributed by atoms with Crippen molar-refractivity contribution in [3.63, 3.8) is 0 Å². The van der Waals surface area contributed by atoms with Crippen LogP contribution in [0.5, 0.6) is 0 Å². The van der Waals surface area contributed by atoms with Crippen LogP contribution in [-0.2, 0) is 18.9 Å². The first kappa shape index (κ1) is 42.6. The number of hydrogen-bond acceptors (Lipinski definition) is 14. The second kappa shape index (κ2) is 23.0. The molecule has 3 fully saturated rings. The maximum Gasteiger partial charge on any atom is 0.174 e. The molecule has 1 aliphatic carbocycles. The number of unbranched alkanes of at least 4 members (excludes halogenated alkanes) is 10. The van der Waals surface area contributed by atoms with Crippen molar-refractivity contribution >= 4 is 23.5 Å². The van der Waals surface area contributed by atoms with Crippen LogP contribution in [-0.4, -0.2) is 124 Å². The molecule has 2 aliphatic heterocycles. The average molecular weight is 724 g/mol. The van der Waals surface area contributed by atoms with Crippen LogP contribution in [0.4, 0.5) is 0 Å². The van der Waals surface area contributed by atoms with Crippen LogP contribution >= 0.6 is 23.5 Å². The summed E-state index contributed by atoms with van der Waals surface area (Å²) in [5, 5.41) is 33.0. The zero-order valence-corrected chi connectivity index (χ0v) is 31.1. The lowest BCUT2D eigenvalue weighted by Gasteiger charge is -2.48. The minimum absolute atomic E-state index is 0.100. The van der Waals surface area contributed by atoms with Crippen LogP contribution in [0, 0.1) is 0 Å². The molecule has 3 rings (SSSR count). The van der Waals surface area contributed by atoms with Crippen molar-refractivity contribution < 1.29 is 34.3 Å². The molecule has 1 saturated carbocycles. The average Bonchev–Trinajstić information content (AvgIpc) is 3.05. The summed E-state index contributed by atoms with van der Waals surface area (Å²) in [5.41, 5.74) is 31.8. The molecule has 14 heteroatoms. The summed E-state index contributed by atoms with van der Waals surface area (Å²) in [6.07, 6.45) is 7.66. The lowest BCUT2D eigenvalue weighted by Crippen LogP contribution is -2.68. The second-order valence-corrected chi connectivity index (χ2v) is 16.5. The molecule has 2 saturated heterocycles. The van der Waals surface area contributed by atoms with Gasteiger partial charge >= 0.3 is 0 Å². The van der Waals surface area contributed by atoms with Crippen LogP contribution in [0.2, 0.25) is 0 Å². The van der Waals surface area contributed by atoms with E-state index < -0.39 is 79.5 Å². The van der Waals surface area contributed by atoms with E-state index in [4.69, 9.17) is 47.6 Å². The monoisotopic (exact) mass is 723 g/mol. The van der Waals surface area contributed by atoms with Crippen molar-refractivity contribution in [3.05, 3.63) is 0 Å². The number of nitrogens with two attached hydrogens (primary N) is 5. The van der Waals surface area contributed by atoms with Crippen LogP contribution in [0.25, 0.3) is 0 Å². The SMILES string of the molecule is CCCCCCCCSC[C@H]1O[C@H](O[C@@H]2[C@@H](O)[C@H](O[C@H]3O[C@H](CN)[C@@H](O)C[C@H]3N)[C@@H](N)C[C@H]2N)[C@@H](N)[C@H](SCCCCCCCC)[C@@H]1O. The molecule has 48 heavy (non-hydrogen) atoms. The molecule has 0 unspecified atom stereocenters.